The number of rotatable bonds is 4. The second-order valence-corrected chi connectivity index (χ2v) is 6.86. The minimum atomic E-state index is -3.68. The van der Waals surface area contributed by atoms with E-state index in [0.717, 1.165) is 5.56 Å². The van der Waals surface area contributed by atoms with E-state index >= 15 is 0 Å². The van der Waals surface area contributed by atoms with Crippen LogP contribution in [0.4, 0.5) is 11.4 Å². The van der Waals surface area contributed by atoms with Crippen LogP contribution in [0, 0.1) is 11.3 Å². The zero-order chi connectivity index (χ0) is 15.5. The van der Waals surface area contributed by atoms with Crippen LogP contribution < -0.4 is 10.5 Å². The average Bonchev–Trinajstić information content (AvgIpc) is 2.43. The molecule has 0 aliphatic carbocycles. The van der Waals surface area contributed by atoms with Crippen LogP contribution in [-0.2, 0) is 16.4 Å². The summed E-state index contributed by atoms with van der Waals surface area (Å²) < 4.78 is 27.6. The zero-order valence-electron chi connectivity index (χ0n) is 10.9. The summed E-state index contributed by atoms with van der Waals surface area (Å²) in [6, 6.07) is 13.0. The van der Waals surface area contributed by atoms with Crippen molar-refractivity contribution in [2.45, 2.75) is 11.3 Å². The molecule has 0 radical (unpaired) electrons. The number of nitriles is 1. The van der Waals surface area contributed by atoms with Gasteiger partial charge in [0.1, 0.15) is 0 Å². The summed E-state index contributed by atoms with van der Waals surface area (Å²) in [5.41, 5.74) is 7.32. The van der Waals surface area contributed by atoms with Gasteiger partial charge < -0.3 is 5.73 Å². The summed E-state index contributed by atoms with van der Waals surface area (Å²) in [6.07, 6.45) is 0.247. The molecule has 0 spiro atoms. The molecule has 0 saturated carbocycles. The van der Waals surface area contributed by atoms with Crippen LogP contribution in [-0.4, -0.2) is 8.42 Å². The standard InChI is InChI=1S/C14H12BrN3O2S/c15-13-9-11(17)3-6-14(13)18-21(19,20)12-4-1-10(2-5-12)7-8-16/h1-6,9,18H,7,17H2. The minimum Gasteiger partial charge on any atom is -0.399 e. The Morgan fingerprint density at radius 1 is 1.19 bits per heavy atom. The van der Waals surface area contributed by atoms with Crippen molar-refractivity contribution in [2.75, 3.05) is 10.5 Å². The van der Waals surface area contributed by atoms with E-state index in [2.05, 4.69) is 20.7 Å². The van der Waals surface area contributed by atoms with Crippen molar-refractivity contribution in [3.8, 4) is 6.07 Å². The molecule has 0 fully saturated rings. The number of anilines is 2. The molecule has 0 atom stereocenters. The molecule has 2 aromatic carbocycles. The van der Waals surface area contributed by atoms with Crippen LogP contribution in [0.2, 0.25) is 0 Å². The van der Waals surface area contributed by atoms with Crippen molar-refractivity contribution >= 4 is 37.3 Å². The van der Waals surface area contributed by atoms with Gasteiger partial charge in [-0.15, -0.1) is 0 Å². The second kappa shape index (κ2) is 6.16. The first-order valence-corrected chi connectivity index (χ1v) is 8.24. The number of hydrogen-bond donors (Lipinski definition) is 2. The SMILES string of the molecule is N#CCc1ccc(S(=O)(=O)Nc2ccc(N)cc2Br)cc1. The smallest absolute Gasteiger partial charge is 0.261 e. The molecule has 5 nitrogen and oxygen atoms in total. The Balaban J connectivity index is 2.27. The molecule has 0 unspecified atom stereocenters. The van der Waals surface area contributed by atoms with Crippen molar-refractivity contribution < 1.29 is 8.42 Å². The maximum Gasteiger partial charge on any atom is 0.261 e. The quantitative estimate of drug-likeness (QED) is 0.814. The highest BCUT2D eigenvalue weighted by Crippen LogP contribution is 2.27. The van der Waals surface area contributed by atoms with E-state index in [0.29, 0.717) is 15.8 Å². The first kappa shape index (κ1) is 15.4. The van der Waals surface area contributed by atoms with Gasteiger partial charge in [-0.05, 0) is 51.8 Å². The fraction of sp³-hybridized carbons (Fsp3) is 0.0714. The summed E-state index contributed by atoms with van der Waals surface area (Å²) in [5.74, 6) is 0. The molecule has 2 aromatic rings. The van der Waals surface area contributed by atoms with Crippen LogP contribution in [0.5, 0.6) is 0 Å². The average molecular weight is 366 g/mol. The molecule has 0 aliphatic rings. The molecule has 0 saturated heterocycles. The number of halogens is 1. The predicted octanol–water partition coefficient (Wildman–Crippen LogP) is 2.90. The molecule has 2 rings (SSSR count). The summed E-state index contributed by atoms with van der Waals surface area (Å²) in [6.45, 7) is 0. The van der Waals surface area contributed by atoms with E-state index in [-0.39, 0.29) is 11.3 Å². The normalized spacial score (nSPS) is 10.9. The third-order valence-electron chi connectivity index (χ3n) is 2.75. The topological polar surface area (TPSA) is 96.0 Å². The Morgan fingerprint density at radius 2 is 1.86 bits per heavy atom. The minimum absolute atomic E-state index is 0.132. The number of nitrogens with two attached hydrogens (primary N) is 1. The lowest BCUT2D eigenvalue weighted by Gasteiger charge is -2.10. The molecule has 0 amide bonds. The highest BCUT2D eigenvalue weighted by molar-refractivity contribution is 9.10. The van der Waals surface area contributed by atoms with Gasteiger partial charge in [-0.3, -0.25) is 4.72 Å². The number of nitrogens with one attached hydrogen (secondary N) is 1. The fourth-order valence-corrected chi connectivity index (χ4v) is 3.40. The van der Waals surface area contributed by atoms with Crippen LogP contribution in [0.1, 0.15) is 5.56 Å². The summed E-state index contributed by atoms with van der Waals surface area (Å²) >= 11 is 3.26. The lowest BCUT2D eigenvalue weighted by molar-refractivity contribution is 0.601. The van der Waals surface area contributed by atoms with E-state index < -0.39 is 10.0 Å². The van der Waals surface area contributed by atoms with Crippen LogP contribution in [0.3, 0.4) is 0 Å². The Kier molecular flexibility index (Phi) is 4.50. The number of nitrogens with zero attached hydrogens (tertiary/aromatic N) is 1. The van der Waals surface area contributed by atoms with Gasteiger partial charge >= 0.3 is 0 Å². The number of nitrogen functional groups attached to an aromatic ring is 1. The van der Waals surface area contributed by atoms with E-state index in [1.54, 1.807) is 30.3 Å². The van der Waals surface area contributed by atoms with E-state index in [1.165, 1.54) is 12.1 Å². The lowest BCUT2D eigenvalue weighted by Crippen LogP contribution is -2.13. The molecule has 0 bridgehead atoms. The van der Waals surface area contributed by atoms with Crippen molar-refractivity contribution in [2.24, 2.45) is 0 Å². The maximum absolute atomic E-state index is 12.3. The first-order valence-electron chi connectivity index (χ1n) is 5.96. The molecule has 0 aromatic heterocycles. The fourth-order valence-electron chi connectivity index (χ4n) is 1.70. The van der Waals surface area contributed by atoms with Gasteiger partial charge in [-0.25, -0.2) is 8.42 Å². The van der Waals surface area contributed by atoms with Crippen molar-refractivity contribution in [1.29, 1.82) is 5.26 Å². The van der Waals surface area contributed by atoms with Crippen LogP contribution in [0.25, 0.3) is 0 Å². The van der Waals surface area contributed by atoms with Gasteiger partial charge in [0.25, 0.3) is 10.0 Å². The summed E-state index contributed by atoms with van der Waals surface area (Å²) in [4.78, 5) is 0.132. The van der Waals surface area contributed by atoms with E-state index in [1.807, 2.05) is 6.07 Å². The summed E-state index contributed by atoms with van der Waals surface area (Å²) in [7, 11) is -3.68. The van der Waals surface area contributed by atoms with Gasteiger partial charge in [0.05, 0.1) is 23.1 Å². The number of sulfonamides is 1. The summed E-state index contributed by atoms with van der Waals surface area (Å²) in [5, 5.41) is 8.60. The zero-order valence-corrected chi connectivity index (χ0v) is 13.3. The molecular weight excluding hydrogens is 354 g/mol. The molecule has 0 aliphatic heterocycles. The van der Waals surface area contributed by atoms with Crippen molar-refractivity contribution in [3.63, 3.8) is 0 Å². The Labute approximate surface area is 131 Å². The van der Waals surface area contributed by atoms with Gasteiger partial charge in [-0.1, -0.05) is 12.1 Å². The Hall–Kier alpha value is -2.04. The van der Waals surface area contributed by atoms with Crippen molar-refractivity contribution in [3.05, 3.63) is 52.5 Å². The largest absolute Gasteiger partial charge is 0.399 e. The van der Waals surface area contributed by atoms with Gasteiger partial charge in [0.2, 0.25) is 0 Å². The third-order valence-corrected chi connectivity index (χ3v) is 4.79. The highest BCUT2D eigenvalue weighted by Gasteiger charge is 2.15. The molecule has 21 heavy (non-hydrogen) atoms. The van der Waals surface area contributed by atoms with Crippen molar-refractivity contribution in [1.82, 2.24) is 0 Å². The third kappa shape index (κ3) is 3.74. The second-order valence-electron chi connectivity index (χ2n) is 4.32. The predicted molar refractivity (Wildman–Crippen MR) is 85.1 cm³/mol. The first-order chi connectivity index (χ1) is 9.92. The Bertz CT molecular complexity index is 796. The molecule has 7 heteroatoms. The highest BCUT2D eigenvalue weighted by atomic mass is 79.9. The molecule has 108 valence electrons. The van der Waals surface area contributed by atoms with Gasteiger partial charge in [0, 0.05) is 10.2 Å². The van der Waals surface area contributed by atoms with Gasteiger partial charge in [-0.2, -0.15) is 5.26 Å². The van der Waals surface area contributed by atoms with Gasteiger partial charge in [0.15, 0.2) is 0 Å². The monoisotopic (exact) mass is 365 g/mol. The molecular formula is C14H12BrN3O2S. The maximum atomic E-state index is 12.3. The molecule has 0 heterocycles. The van der Waals surface area contributed by atoms with Crippen LogP contribution in [0.15, 0.2) is 51.8 Å². The lowest BCUT2D eigenvalue weighted by atomic mass is 10.2. The number of benzene rings is 2. The van der Waals surface area contributed by atoms with E-state index in [4.69, 9.17) is 11.0 Å². The Morgan fingerprint density at radius 3 is 2.43 bits per heavy atom. The van der Waals surface area contributed by atoms with E-state index in [9.17, 15) is 8.42 Å². The molecule has 3 N–H and O–H groups in total. The number of hydrogen-bond acceptors (Lipinski definition) is 4. The van der Waals surface area contributed by atoms with Crippen LogP contribution >= 0.6 is 15.9 Å².